The van der Waals surface area contributed by atoms with Crippen molar-refractivity contribution in [2.75, 3.05) is 39.6 Å². The first-order chi connectivity index (χ1) is 12.0. The lowest BCUT2D eigenvalue weighted by atomic mass is 9.94. The fourth-order valence-electron chi connectivity index (χ4n) is 3.55. The summed E-state index contributed by atoms with van der Waals surface area (Å²) < 4.78 is 0. The molecule has 1 aromatic carbocycles. The molecule has 0 spiro atoms. The number of thiazole rings is 1. The Hall–Kier alpha value is -1.43. The van der Waals surface area contributed by atoms with E-state index in [0.717, 1.165) is 18.2 Å². The van der Waals surface area contributed by atoms with Crippen molar-refractivity contribution in [1.82, 2.24) is 14.8 Å². The summed E-state index contributed by atoms with van der Waals surface area (Å²) in [5, 5.41) is 1.09. The molecule has 5 heteroatoms. The fraction of sp³-hybridized carbons (Fsp3) is 0.550. The smallest absolute Gasteiger partial charge is 0.185 e. The number of hydrogen-bond donors (Lipinski definition) is 0. The number of likely N-dealkylation sites (tertiary alicyclic amines) is 1. The third-order valence-corrected chi connectivity index (χ3v) is 5.91. The van der Waals surface area contributed by atoms with E-state index in [-0.39, 0.29) is 0 Å². The molecule has 0 amide bonds. The molecule has 1 aliphatic rings. The Balaban J connectivity index is 1.71. The quantitative estimate of drug-likeness (QED) is 0.778. The number of benzene rings is 1. The second kappa shape index (κ2) is 8.30. The third-order valence-electron chi connectivity index (χ3n) is 4.76. The van der Waals surface area contributed by atoms with Crippen molar-refractivity contribution in [3.8, 4) is 0 Å². The van der Waals surface area contributed by atoms with E-state index in [0.29, 0.717) is 6.04 Å². The SMILES string of the molecule is CN(C)Cc1ccc([C@@H]2CCCCN2Cc2cnc(N(C)C)s2)cc1. The van der Waals surface area contributed by atoms with Gasteiger partial charge in [-0.1, -0.05) is 30.7 Å². The van der Waals surface area contributed by atoms with Crippen LogP contribution in [0.3, 0.4) is 0 Å². The zero-order valence-electron chi connectivity index (χ0n) is 15.9. The topological polar surface area (TPSA) is 22.6 Å². The summed E-state index contributed by atoms with van der Waals surface area (Å²) in [5.41, 5.74) is 2.84. The standard InChI is InChI=1S/C20H30N4S/c1-22(2)14-16-8-10-17(11-9-16)19-7-5-6-12-24(19)15-18-13-21-20(25-18)23(3)4/h8-11,13,19H,5-7,12,14-15H2,1-4H3/t19-/m0/s1. The first kappa shape index (κ1) is 18.4. The van der Waals surface area contributed by atoms with E-state index in [1.165, 1.54) is 41.8 Å². The lowest BCUT2D eigenvalue weighted by molar-refractivity contribution is 0.141. The van der Waals surface area contributed by atoms with Crippen LogP contribution in [0, 0.1) is 0 Å². The van der Waals surface area contributed by atoms with Crippen LogP contribution in [0.1, 0.15) is 41.3 Å². The van der Waals surface area contributed by atoms with Gasteiger partial charge in [0.05, 0.1) is 0 Å². The van der Waals surface area contributed by atoms with Crippen LogP contribution in [-0.4, -0.2) is 49.5 Å². The van der Waals surface area contributed by atoms with Gasteiger partial charge in [-0.3, -0.25) is 4.90 Å². The zero-order chi connectivity index (χ0) is 17.8. The van der Waals surface area contributed by atoms with Gasteiger partial charge < -0.3 is 9.80 Å². The molecule has 1 atom stereocenters. The number of rotatable bonds is 6. The van der Waals surface area contributed by atoms with Gasteiger partial charge in [0.25, 0.3) is 0 Å². The molecule has 0 N–H and O–H groups in total. The molecule has 25 heavy (non-hydrogen) atoms. The van der Waals surface area contributed by atoms with E-state index in [9.17, 15) is 0 Å². The van der Waals surface area contributed by atoms with Crippen molar-refractivity contribution in [3.63, 3.8) is 0 Å². The van der Waals surface area contributed by atoms with Crippen LogP contribution in [0.5, 0.6) is 0 Å². The summed E-state index contributed by atoms with van der Waals surface area (Å²) in [5.74, 6) is 0. The summed E-state index contributed by atoms with van der Waals surface area (Å²) in [4.78, 5) is 12.8. The normalized spacial score (nSPS) is 18.7. The maximum atomic E-state index is 4.53. The highest BCUT2D eigenvalue weighted by molar-refractivity contribution is 7.15. The Morgan fingerprint density at radius 3 is 2.52 bits per heavy atom. The molecule has 1 fully saturated rings. The van der Waals surface area contributed by atoms with Gasteiger partial charge in [-0.25, -0.2) is 4.98 Å². The average molecular weight is 359 g/mol. The molecule has 2 aromatic rings. The summed E-state index contributed by atoms with van der Waals surface area (Å²) in [7, 11) is 8.35. The number of hydrogen-bond acceptors (Lipinski definition) is 5. The Morgan fingerprint density at radius 1 is 1.12 bits per heavy atom. The van der Waals surface area contributed by atoms with E-state index in [1.807, 2.05) is 17.5 Å². The molecule has 1 saturated heterocycles. The van der Waals surface area contributed by atoms with Crippen molar-refractivity contribution in [1.29, 1.82) is 0 Å². The first-order valence-corrected chi connectivity index (χ1v) is 9.94. The van der Waals surface area contributed by atoms with E-state index in [1.54, 1.807) is 0 Å². The van der Waals surface area contributed by atoms with Gasteiger partial charge in [0, 0.05) is 44.3 Å². The summed E-state index contributed by atoms with van der Waals surface area (Å²) in [6.07, 6.45) is 5.93. The summed E-state index contributed by atoms with van der Waals surface area (Å²) in [6.45, 7) is 3.19. The van der Waals surface area contributed by atoms with Crippen LogP contribution in [0.4, 0.5) is 5.13 Å². The highest BCUT2D eigenvalue weighted by atomic mass is 32.1. The Bertz CT molecular complexity index is 663. The number of nitrogens with zero attached hydrogens (tertiary/aromatic N) is 4. The van der Waals surface area contributed by atoms with Gasteiger partial charge >= 0.3 is 0 Å². The molecule has 1 aromatic heterocycles. The molecule has 0 saturated carbocycles. The lowest BCUT2D eigenvalue weighted by Crippen LogP contribution is -2.32. The highest BCUT2D eigenvalue weighted by Crippen LogP contribution is 2.33. The Labute approximate surface area is 156 Å². The van der Waals surface area contributed by atoms with Crippen LogP contribution < -0.4 is 4.90 Å². The van der Waals surface area contributed by atoms with Crippen LogP contribution in [0.2, 0.25) is 0 Å². The van der Waals surface area contributed by atoms with Crippen LogP contribution in [0.25, 0.3) is 0 Å². The number of anilines is 1. The van der Waals surface area contributed by atoms with Gasteiger partial charge in [0.2, 0.25) is 0 Å². The van der Waals surface area contributed by atoms with Crippen molar-refractivity contribution >= 4 is 16.5 Å². The van der Waals surface area contributed by atoms with E-state index in [4.69, 9.17) is 0 Å². The van der Waals surface area contributed by atoms with Crippen molar-refractivity contribution < 1.29 is 0 Å². The molecular weight excluding hydrogens is 328 g/mol. The molecule has 1 aliphatic heterocycles. The Morgan fingerprint density at radius 2 is 1.88 bits per heavy atom. The van der Waals surface area contributed by atoms with Crippen LogP contribution >= 0.6 is 11.3 Å². The van der Waals surface area contributed by atoms with Crippen molar-refractivity contribution in [2.24, 2.45) is 0 Å². The number of piperidine rings is 1. The van der Waals surface area contributed by atoms with Gasteiger partial charge in [-0.05, 0) is 44.6 Å². The largest absolute Gasteiger partial charge is 0.354 e. The second-order valence-corrected chi connectivity index (χ2v) is 8.56. The predicted molar refractivity (Wildman–Crippen MR) is 107 cm³/mol. The van der Waals surface area contributed by atoms with E-state index >= 15 is 0 Å². The van der Waals surface area contributed by atoms with Crippen LogP contribution in [0.15, 0.2) is 30.5 Å². The molecule has 4 nitrogen and oxygen atoms in total. The highest BCUT2D eigenvalue weighted by Gasteiger charge is 2.24. The molecule has 0 aliphatic carbocycles. The minimum Gasteiger partial charge on any atom is -0.354 e. The van der Waals surface area contributed by atoms with Crippen LogP contribution in [-0.2, 0) is 13.1 Å². The summed E-state index contributed by atoms with van der Waals surface area (Å²) in [6, 6.07) is 9.78. The molecule has 0 radical (unpaired) electrons. The molecule has 0 unspecified atom stereocenters. The third kappa shape index (κ3) is 4.81. The Kier molecular flexibility index (Phi) is 6.10. The predicted octanol–water partition coefficient (Wildman–Crippen LogP) is 4.00. The maximum absolute atomic E-state index is 4.53. The molecular formula is C20H30N4S. The summed E-state index contributed by atoms with van der Waals surface area (Å²) >= 11 is 1.81. The average Bonchev–Trinajstić information content (AvgIpc) is 3.05. The van der Waals surface area contributed by atoms with Crippen molar-refractivity contribution in [2.45, 2.75) is 38.4 Å². The van der Waals surface area contributed by atoms with Gasteiger partial charge in [0.1, 0.15) is 0 Å². The molecule has 136 valence electrons. The van der Waals surface area contributed by atoms with Gasteiger partial charge in [-0.2, -0.15) is 0 Å². The minimum atomic E-state index is 0.534. The van der Waals surface area contributed by atoms with Gasteiger partial charge in [-0.15, -0.1) is 11.3 Å². The zero-order valence-corrected chi connectivity index (χ0v) is 16.7. The molecule has 2 heterocycles. The lowest BCUT2D eigenvalue weighted by Gasteiger charge is -2.35. The van der Waals surface area contributed by atoms with E-state index in [2.05, 4.69) is 72.1 Å². The van der Waals surface area contributed by atoms with E-state index < -0.39 is 0 Å². The monoisotopic (exact) mass is 358 g/mol. The maximum Gasteiger partial charge on any atom is 0.185 e. The first-order valence-electron chi connectivity index (χ1n) is 9.12. The number of aromatic nitrogens is 1. The van der Waals surface area contributed by atoms with Crippen molar-refractivity contribution in [3.05, 3.63) is 46.5 Å². The fourth-order valence-corrected chi connectivity index (χ4v) is 4.40. The second-order valence-electron chi connectivity index (χ2n) is 7.46. The minimum absolute atomic E-state index is 0.534. The molecule has 3 rings (SSSR count). The van der Waals surface area contributed by atoms with Gasteiger partial charge in [0.15, 0.2) is 5.13 Å². The molecule has 0 bridgehead atoms.